The molecule has 0 unspecified atom stereocenters. The molecule has 1 amide bonds. The third-order valence-corrected chi connectivity index (χ3v) is 15.7. The molecule has 5 aromatic rings. The van der Waals surface area contributed by atoms with Gasteiger partial charge in [-0.25, -0.2) is 25.2 Å². The molecule has 0 atom stereocenters. The molecule has 36 heteroatoms. The van der Waals surface area contributed by atoms with Gasteiger partial charge in [-0.3, -0.25) is 27.6 Å². The molecule has 0 bridgehead atoms. The van der Waals surface area contributed by atoms with Gasteiger partial charge in [0.05, 0.1) is 46.7 Å². The minimum absolute atomic E-state index is 0.154. The molecule has 72 heavy (non-hydrogen) atoms. The minimum Gasteiger partial charge on any atom is -0.505 e. The van der Waals surface area contributed by atoms with Crippen LogP contribution in [0.4, 0.5) is 34.1 Å². The van der Waals surface area contributed by atoms with Gasteiger partial charge in [0.25, 0.3) is 36.3 Å². The topological polar surface area (TPSA) is 461 Å². The van der Waals surface area contributed by atoms with Gasteiger partial charge < -0.3 is 15.3 Å². The second-order valence-corrected chi connectivity index (χ2v) is 25.2. The number of nitrogens with zero attached hydrogens (tertiary/aromatic N) is 5. The lowest BCUT2D eigenvalue weighted by molar-refractivity contribution is 0.0988. The Morgan fingerprint density at radius 3 is 1.79 bits per heavy atom. The summed E-state index contributed by atoms with van der Waals surface area (Å²) in [6.07, 6.45) is 0. The predicted molar refractivity (Wildman–Crippen MR) is 250 cm³/mol. The number of carbonyl (C=O) groups is 1. The fraction of sp³-hybridized carbons (Fsp3) is 0.194. The van der Waals surface area contributed by atoms with Crippen LogP contribution in [0.25, 0.3) is 10.8 Å². The van der Waals surface area contributed by atoms with Crippen LogP contribution >= 0.6 is 0 Å². The fourth-order valence-electron chi connectivity index (χ4n) is 6.08. The summed E-state index contributed by atoms with van der Waals surface area (Å²) in [5, 5.41) is 28.1. The molecule has 29 nitrogen and oxygen atoms in total. The number of phenols is 1. The van der Waals surface area contributed by atoms with Gasteiger partial charge in [-0.05, 0) is 66.7 Å². The van der Waals surface area contributed by atoms with E-state index in [0.29, 0.717) is 18.2 Å². The third kappa shape index (κ3) is 16.0. The first-order valence-corrected chi connectivity index (χ1v) is 29.9. The molecule has 0 fully saturated rings. The number of carbonyl (C=O) groups excluding carboxylic acids is 1. The van der Waals surface area contributed by atoms with E-state index in [0.717, 1.165) is 29.2 Å². The number of nitrogens with one attached hydrogen (secondary N) is 1. The molecule has 0 saturated heterocycles. The molecule has 0 spiro atoms. The molecular weight excluding hydrogens is 1110 g/mol. The summed E-state index contributed by atoms with van der Waals surface area (Å²) in [6, 6.07) is 17.0. The maximum atomic E-state index is 13.9. The van der Waals surface area contributed by atoms with E-state index >= 15 is 0 Å². The van der Waals surface area contributed by atoms with E-state index in [9.17, 15) is 82.5 Å². The third-order valence-electron chi connectivity index (χ3n) is 9.26. The molecule has 0 radical (unpaired) electrons. The van der Waals surface area contributed by atoms with Gasteiger partial charge in [0.2, 0.25) is 0 Å². The van der Waals surface area contributed by atoms with Crippen LogP contribution in [0, 0.1) is 0 Å². The summed E-state index contributed by atoms with van der Waals surface area (Å²) in [6.45, 7) is -2.53. The molecule has 0 aromatic heterocycles. The zero-order valence-corrected chi connectivity index (χ0v) is 41.5. The van der Waals surface area contributed by atoms with E-state index in [4.69, 9.17) is 9.11 Å². The summed E-state index contributed by atoms with van der Waals surface area (Å²) in [5.74, 6) is -5.84. The number of sulfone groups is 2. The summed E-state index contributed by atoms with van der Waals surface area (Å²) in [4.78, 5) is 11.7. The SMILES string of the molecule is O=C(c1cccc(N=Nc2c(S(=O)(=O)O)cc3c(N=Nc4ccc(S(=O)(=O)CCOS(=O)(=O)O)cc4S(=O)(=O)O)c(NCS(=O)(=O)O)ccc3c2O)c1)N(CCS(=O)(=O)CCOS(=O)(=O)O)c1ccccc1. The van der Waals surface area contributed by atoms with Crippen molar-refractivity contribution in [2.45, 2.75) is 14.7 Å². The highest BCUT2D eigenvalue weighted by Crippen LogP contribution is 2.47. The molecular formula is C36H36N6O23S7. The molecule has 0 aliphatic heterocycles. The van der Waals surface area contributed by atoms with Gasteiger partial charge in [0.15, 0.2) is 25.4 Å². The summed E-state index contributed by atoms with van der Waals surface area (Å²) < 4.78 is 224. The van der Waals surface area contributed by atoms with Crippen LogP contribution in [-0.2, 0) is 79.2 Å². The molecule has 0 heterocycles. The van der Waals surface area contributed by atoms with Crippen LogP contribution < -0.4 is 10.2 Å². The van der Waals surface area contributed by atoms with E-state index in [1.54, 1.807) is 6.07 Å². The van der Waals surface area contributed by atoms with Gasteiger partial charge in [-0.15, -0.1) is 15.3 Å². The molecule has 7 N–H and O–H groups in total. The highest BCUT2D eigenvalue weighted by atomic mass is 32.3. The van der Waals surface area contributed by atoms with Crippen molar-refractivity contribution in [1.29, 1.82) is 0 Å². The minimum atomic E-state index is -5.47. The number of amides is 1. The zero-order valence-electron chi connectivity index (χ0n) is 35.8. The largest absolute Gasteiger partial charge is 0.505 e. The van der Waals surface area contributed by atoms with Crippen molar-refractivity contribution in [3.8, 4) is 5.75 Å². The van der Waals surface area contributed by atoms with Crippen LogP contribution in [0.3, 0.4) is 0 Å². The van der Waals surface area contributed by atoms with Gasteiger partial charge in [-0.1, -0.05) is 24.3 Å². The number of azo groups is 2. The number of hydrogen-bond donors (Lipinski definition) is 7. The van der Waals surface area contributed by atoms with Crippen LogP contribution in [-0.4, -0.2) is 136 Å². The number of rotatable bonds is 23. The Morgan fingerprint density at radius 1 is 0.583 bits per heavy atom. The molecule has 0 aliphatic rings. The highest BCUT2D eigenvalue weighted by molar-refractivity contribution is 7.92. The van der Waals surface area contributed by atoms with E-state index < -0.39 is 174 Å². The molecule has 0 saturated carbocycles. The Kier molecular flexibility index (Phi) is 17.4. The Morgan fingerprint density at radius 2 is 1.19 bits per heavy atom. The standard InChI is InChI=1S/C36H36N6O23S7/c43-35-27-10-12-30(37-22-68(49,50)51)33(40-39-29-11-9-26(20-31(29)69(52,53)54)67(47,48)18-15-65-72(61,62)63)28(27)21-32(70(55,56)57)34(35)41-38-24-6-4-5-23(19-24)36(44)42(25-7-2-1-3-8-25)13-16-66(45,46)17-14-64-71(58,59)60/h1-12,19-21,37,43H,13-18,22H2,(H,49,50,51)(H,52,53,54)(H,55,56,57)(H,58,59,60)(H,61,62,63). The van der Waals surface area contributed by atoms with Crippen molar-refractivity contribution >= 4 is 122 Å². The molecule has 390 valence electrons. The fourth-order valence-corrected chi connectivity index (χ4v) is 10.7. The van der Waals surface area contributed by atoms with E-state index in [2.05, 4.69) is 34.1 Å². The maximum absolute atomic E-state index is 13.9. The van der Waals surface area contributed by atoms with Crippen LogP contribution in [0.15, 0.2) is 126 Å². The number of benzene rings is 5. The van der Waals surface area contributed by atoms with Crippen molar-refractivity contribution in [3.63, 3.8) is 0 Å². The number of phenolic OH excluding ortho intramolecular Hbond substituents is 1. The summed E-state index contributed by atoms with van der Waals surface area (Å²) in [5.41, 5.74) is -3.06. The number of fused-ring (bicyclic) bond motifs is 1. The van der Waals surface area contributed by atoms with E-state index in [1.165, 1.54) is 42.5 Å². The Labute approximate surface area is 409 Å². The monoisotopic (exact) mass is 1140 g/mol. The first kappa shape index (κ1) is 56.9. The molecule has 0 aliphatic carbocycles. The number of aromatic hydroxyl groups is 1. The van der Waals surface area contributed by atoms with Crippen molar-refractivity contribution in [3.05, 3.63) is 96.6 Å². The number of para-hydroxylation sites is 1. The van der Waals surface area contributed by atoms with Gasteiger partial charge in [0, 0.05) is 28.6 Å². The molecule has 5 aromatic carbocycles. The Bertz CT molecular complexity index is 3800. The lowest BCUT2D eigenvalue weighted by atomic mass is 10.1. The van der Waals surface area contributed by atoms with Crippen LogP contribution in [0.2, 0.25) is 0 Å². The normalized spacial score (nSPS) is 13.2. The van der Waals surface area contributed by atoms with E-state index in [-0.39, 0.29) is 16.9 Å². The van der Waals surface area contributed by atoms with Crippen LogP contribution in [0.5, 0.6) is 5.75 Å². The highest BCUT2D eigenvalue weighted by Gasteiger charge is 2.27. The summed E-state index contributed by atoms with van der Waals surface area (Å²) in [7, 11) is -34.4. The second-order valence-electron chi connectivity index (χ2n) is 14.3. The Balaban J connectivity index is 1.58. The number of anilines is 2. The van der Waals surface area contributed by atoms with Crippen molar-refractivity contribution in [2.75, 3.05) is 53.1 Å². The van der Waals surface area contributed by atoms with Gasteiger partial charge in [-0.2, -0.15) is 47.2 Å². The number of hydrogen-bond acceptors (Lipinski definition) is 23. The summed E-state index contributed by atoms with van der Waals surface area (Å²) >= 11 is 0. The Hall–Kier alpha value is -6.00. The average Bonchev–Trinajstić information content (AvgIpc) is 3.25. The zero-order chi connectivity index (χ0) is 53.7. The lowest BCUT2D eigenvalue weighted by Crippen LogP contribution is -2.36. The van der Waals surface area contributed by atoms with Crippen LogP contribution in [0.1, 0.15) is 10.4 Å². The maximum Gasteiger partial charge on any atom is 0.397 e. The first-order chi connectivity index (χ1) is 33.1. The van der Waals surface area contributed by atoms with Crippen molar-refractivity contribution < 1.29 is 100.0 Å². The van der Waals surface area contributed by atoms with Crippen molar-refractivity contribution in [1.82, 2.24) is 0 Å². The predicted octanol–water partition coefficient (Wildman–Crippen LogP) is 3.60. The van der Waals surface area contributed by atoms with Gasteiger partial charge in [0.1, 0.15) is 32.7 Å². The van der Waals surface area contributed by atoms with E-state index in [1.807, 2.05) is 0 Å². The smallest absolute Gasteiger partial charge is 0.397 e. The average molecular weight is 1150 g/mol. The quantitative estimate of drug-likeness (QED) is 0.0363. The van der Waals surface area contributed by atoms with Gasteiger partial charge >= 0.3 is 20.8 Å². The first-order valence-electron chi connectivity index (χ1n) is 19.2. The second kappa shape index (κ2) is 22.0. The lowest BCUT2D eigenvalue weighted by Gasteiger charge is -2.23. The van der Waals surface area contributed by atoms with Crippen molar-refractivity contribution in [2.24, 2.45) is 20.5 Å². The molecule has 5 rings (SSSR count).